The molecule has 0 fully saturated rings. The second kappa shape index (κ2) is 5.85. The number of aryl methyl sites for hydroxylation is 2. The van der Waals surface area contributed by atoms with E-state index >= 15 is 0 Å². The molecule has 0 radical (unpaired) electrons. The van der Waals surface area contributed by atoms with Crippen molar-refractivity contribution in [3.63, 3.8) is 0 Å². The summed E-state index contributed by atoms with van der Waals surface area (Å²) in [6.07, 6.45) is 0. The minimum Gasteiger partial charge on any atom is -0.394 e. The van der Waals surface area contributed by atoms with E-state index in [1.807, 2.05) is 64.8 Å². The Bertz CT molecular complexity index is 466. The SMILES string of the molecule is Cc1ccc(C)c(C(=O)C(C)N(C)C(C)(C)CO)c1. The molecule has 0 saturated heterocycles. The Morgan fingerprint density at radius 3 is 2.47 bits per heavy atom. The van der Waals surface area contributed by atoms with Crippen molar-refractivity contribution < 1.29 is 9.90 Å². The van der Waals surface area contributed by atoms with Gasteiger partial charge in [0.25, 0.3) is 0 Å². The second-order valence-electron chi connectivity index (χ2n) is 5.94. The number of Topliss-reactive ketones (excluding diaryl/α,β-unsaturated/α-hetero) is 1. The molecule has 19 heavy (non-hydrogen) atoms. The van der Waals surface area contributed by atoms with E-state index in [1.165, 1.54) is 0 Å². The number of carbonyl (C=O) groups is 1. The van der Waals surface area contributed by atoms with Crippen molar-refractivity contribution in [1.82, 2.24) is 4.90 Å². The number of hydrogen-bond acceptors (Lipinski definition) is 3. The van der Waals surface area contributed by atoms with E-state index in [-0.39, 0.29) is 18.4 Å². The maximum atomic E-state index is 12.6. The van der Waals surface area contributed by atoms with Crippen LogP contribution in [0.1, 0.15) is 42.3 Å². The van der Waals surface area contributed by atoms with E-state index < -0.39 is 5.54 Å². The molecule has 0 spiro atoms. The van der Waals surface area contributed by atoms with Crippen LogP contribution >= 0.6 is 0 Å². The van der Waals surface area contributed by atoms with Crippen LogP contribution in [0.15, 0.2) is 18.2 Å². The minimum atomic E-state index is -0.410. The molecular formula is C16H25NO2. The number of ketones is 1. The quantitative estimate of drug-likeness (QED) is 0.830. The van der Waals surface area contributed by atoms with Gasteiger partial charge in [0.1, 0.15) is 0 Å². The lowest BCUT2D eigenvalue weighted by atomic mass is 9.95. The molecule has 1 atom stereocenters. The average molecular weight is 263 g/mol. The van der Waals surface area contributed by atoms with E-state index in [1.54, 1.807) is 0 Å². The number of benzene rings is 1. The molecule has 1 N–H and O–H groups in total. The highest BCUT2D eigenvalue weighted by Crippen LogP contribution is 2.20. The molecular weight excluding hydrogens is 238 g/mol. The molecule has 0 saturated carbocycles. The van der Waals surface area contributed by atoms with Gasteiger partial charge in [-0.3, -0.25) is 9.69 Å². The highest BCUT2D eigenvalue weighted by atomic mass is 16.3. The van der Waals surface area contributed by atoms with E-state index in [0.29, 0.717) is 0 Å². The van der Waals surface area contributed by atoms with Crippen molar-refractivity contribution in [3.05, 3.63) is 34.9 Å². The first-order chi connectivity index (χ1) is 8.70. The minimum absolute atomic E-state index is 0.0217. The van der Waals surface area contributed by atoms with Gasteiger partial charge in [0.15, 0.2) is 5.78 Å². The lowest BCUT2D eigenvalue weighted by molar-refractivity contribution is 0.0438. The summed E-state index contributed by atoms with van der Waals surface area (Å²) in [6.45, 7) is 9.72. The van der Waals surface area contributed by atoms with Crippen LogP contribution in [0.4, 0.5) is 0 Å². The first-order valence-corrected chi connectivity index (χ1v) is 6.66. The average Bonchev–Trinajstić information content (AvgIpc) is 2.38. The van der Waals surface area contributed by atoms with E-state index in [9.17, 15) is 9.90 Å². The number of likely N-dealkylation sites (N-methyl/N-ethyl adjacent to an activating group) is 1. The van der Waals surface area contributed by atoms with Crippen molar-refractivity contribution in [1.29, 1.82) is 0 Å². The maximum absolute atomic E-state index is 12.6. The summed E-state index contributed by atoms with van der Waals surface area (Å²) in [5.41, 5.74) is 2.45. The summed E-state index contributed by atoms with van der Waals surface area (Å²) in [6, 6.07) is 5.67. The normalized spacial score (nSPS) is 13.7. The molecule has 0 amide bonds. The molecule has 1 unspecified atom stereocenters. The number of aliphatic hydroxyl groups is 1. The highest BCUT2D eigenvalue weighted by Gasteiger charge is 2.31. The maximum Gasteiger partial charge on any atom is 0.179 e. The van der Waals surface area contributed by atoms with Crippen LogP contribution in [-0.2, 0) is 0 Å². The van der Waals surface area contributed by atoms with Gasteiger partial charge in [-0.25, -0.2) is 0 Å². The van der Waals surface area contributed by atoms with E-state index in [4.69, 9.17) is 0 Å². The molecule has 1 aromatic rings. The molecule has 1 rings (SSSR count). The van der Waals surface area contributed by atoms with Crippen LogP contribution < -0.4 is 0 Å². The van der Waals surface area contributed by atoms with Crippen LogP contribution in [0, 0.1) is 13.8 Å². The van der Waals surface area contributed by atoms with Crippen LogP contribution in [0.5, 0.6) is 0 Å². The molecule has 0 aliphatic rings. The summed E-state index contributed by atoms with van der Waals surface area (Å²) in [7, 11) is 1.88. The lowest BCUT2D eigenvalue weighted by Gasteiger charge is -2.37. The van der Waals surface area contributed by atoms with Gasteiger partial charge in [-0.05, 0) is 53.3 Å². The van der Waals surface area contributed by atoms with E-state index in [2.05, 4.69) is 0 Å². The van der Waals surface area contributed by atoms with Crippen LogP contribution in [0.3, 0.4) is 0 Å². The fourth-order valence-corrected chi connectivity index (χ4v) is 2.04. The van der Waals surface area contributed by atoms with Crippen molar-refractivity contribution in [2.24, 2.45) is 0 Å². The van der Waals surface area contributed by atoms with Gasteiger partial charge in [-0.1, -0.05) is 17.7 Å². The second-order valence-corrected chi connectivity index (χ2v) is 5.94. The standard InChI is InChI=1S/C16H25NO2/c1-11-7-8-12(2)14(9-11)15(19)13(3)17(6)16(4,5)10-18/h7-9,13,18H,10H2,1-6H3. The van der Waals surface area contributed by atoms with E-state index in [0.717, 1.165) is 16.7 Å². The van der Waals surface area contributed by atoms with Crippen LogP contribution in [0.25, 0.3) is 0 Å². The van der Waals surface area contributed by atoms with Gasteiger partial charge in [-0.15, -0.1) is 0 Å². The fourth-order valence-electron chi connectivity index (χ4n) is 2.04. The fraction of sp³-hybridized carbons (Fsp3) is 0.562. The molecule has 0 heterocycles. The number of rotatable bonds is 5. The third-order valence-corrected chi connectivity index (χ3v) is 3.96. The van der Waals surface area contributed by atoms with Gasteiger partial charge < -0.3 is 5.11 Å². The Labute approximate surface area is 116 Å². The predicted octanol–water partition coefficient (Wildman–Crippen LogP) is 2.58. The Kier molecular flexibility index (Phi) is 4.88. The largest absolute Gasteiger partial charge is 0.394 e. The first-order valence-electron chi connectivity index (χ1n) is 6.66. The monoisotopic (exact) mass is 263 g/mol. The zero-order chi connectivity index (χ0) is 14.8. The van der Waals surface area contributed by atoms with Crippen molar-refractivity contribution in [2.45, 2.75) is 46.2 Å². The predicted molar refractivity (Wildman–Crippen MR) is 78.6 cm³/mol. The first kappa shape index (κ1) is 15.9. The third-order valence-electron chi connectivity index (χ3n) is 3.96. The summed E-state index contributed by atoms with van der Waals surface area (Å²) in [4.78, 5) is 14.5. The smallest absolute Gasteiger partial charge is 0.179 e. The van der Waals surface area contributed by atoms with Gasteiger partial charge >= 0.3 is 0 Å². The zero-order valence-corrected chi connectivity index (χ0v) is 12.8. The third kappa shape index (κ3) is 3.43. The molecule has 3 nitrogen and oxygen atoms in total. The summed E-state index contributed by atoms with van der Waals surface area (Å²) < 4.78 is 0. The Morgan fingerprint density at radius 1 is 1.37 bits per heavy atom. The van der Waals surface area contributed by atoms with Crippen molar-refractivity contribution in [3.8, 4) is 0 Å². The number of nitrogens with zero attached hydrogens (tertiary/aromatic N) is 1. The van der Waals surface area contributed by atoms with Crippen LogP contribution in [0.2, 0.25) is 0 Å². The van der Waals surface area contributed by atoms with Crippen molar-refractivity contribution >= 4 is 5.78 Å². The molecule has 0 aliphatic carbocycles. The van der Waals surface area contributed by atoms with Gasteiger partial charge in [0, 0.05) is 11.1 Å². The molecule has 0 aliphatic heterocycles. The summed E-state index contributed by atoms with van der Waals surface area (Å²) in [5, 5.41) is 9.41. The number of carbonyl (C=O) groups excluding carboxylic acids is 1. The number of hydrogen-bond donors (Lipinski definition) is 1. The summed E-state index contributed by atoms with van der Waals surface area (Å²) >= 11 is 0. The molecule has 3 heteroatoms. The topological polar surface area (TPSA) is 40.5 Å². The van der Waals surface area contributed by atoms with Gasteiger partial charge in [-0.2, -0.15) is 0 Å². The van der Waals surface area contributed by atoms with Crippen molar-refractivity contribution in [2.75, 3.05) is 13.7 Å². The lowest BCUT2D eigenvalue weighted by Crippen LogP contribution is -2.51. The Morgan fingerprint density at radius 2 is 1.95 bits per heavy atom. The molecule has 0 bridgehead atoms. The zero-order valence-electron chi connectivity index (χ0n) is 12.8. The molecule has 106 valence electrons. The molecule has 1 aromatic carbocycles. The number of aliphatic hydroxyl groups excluding tert-OH is 1. The van der Waals surface area contributed by atoms with Gasteiger partial charge in [0.05, 0.1) is 12.6 Å². The Balaban J connectivity index is 3.03. The highest BCUT2D eigenvalue weighted by molar-refractivity contribution is 6.01. The van der Waals surface area contributed by atoms with Crippen LogP contribution in [-0.4, -0.2) is 41.0 Å². The van der Waals surface area contributed by atoms with Gasteiger partial charge in [0.2, 0.25) is 0 Å². The summed E-state index contributed by atoms with van der Waals surface area (Å²) in [5.74, 6) is 0.102. The Hall–Kier alpha value is -1.19. The molecule has 0 aromatic heterocycles.